The summed E-state index contributed by atoms with van der Waals surface area (Å²) in [5.41, 5.74) is 3.75. The van der Waals surface area contributed by atoms with E-state index < -0.39 is 0 Å². The number of aryl methyl sites for hydroxylation is 1. The van der Waals surface area contributed by atoms with Crippen LogP contribution in [0.15, 0.2) is 88.8 Å². The molecule has 4 aromatic rings. The average Bonchev–Trinajstić information content (AvgIpc) is 3.12. The van der Waals surface area contributed by atoms with Crippen molar-refractivity contribution in [3.63, 3.8) is 0 Å². The van der Waals surface area contributed by atoms with Crippen LogP contribution in [0.2, 0.25) is 0 Å². The van der Waals surface area contributed by atoms with Crippen LogP contribution in [-0.4, -0.2) is 16.6 Å². The first-order valence-corrected chi connectivity index (χ1v) is 10.9. The molecule has 152 valence electrons. The van der Waals surface area contributed by atoms with Gasteiger partial charge in [0.2, 0.25) is 5.78 Å². The highest BCUT2D eigenvalue weighted by molar-refractivity contribution is 7.99. The first kappa shape index (κ1) is 19.9. The number of hydrogen-bond acceptors (Lipinski definition) is 5. The molecule has 0 spiro atoms. The van der Waals surface area contributed by atoms with Crippen LogP contribution in [0.1, 0.15) is 43.1 Å². The minimum Gasteiger partial charge on any atom is -0.288 e. The third-order valence-electron chi connectivity index (χ3n) is 5.43. The monoisotopic (exact) mass is 432 g/mol. The van der Waals surface area contributed by atoms with Crippen LogP contribution < -0.4 is 0 Å². The highest BCUT2D eigenvalue weighted by Crippen LogP contribution is 2.44. The molecular formula is C27H16N2O2S. The van der Waals surface area contributed by atoms with Gasteiger partial charge in [-0.15, -0.1) is 0 Å². The molecule has 4 nitrogen and oxygen atoms in total. The number of fused-ring (bicyclic) bond motifs is 3. The smallest absolute Gasteiger partial charge is 0.212 e. The Morgan fingerprint density at radius 2 is 1.53 bits per heavy atom. The SMILES string of the molecule is Cc1ccc(C(=O)c2nc(Sc3ccccc3)c(C#N)c3c2C(=O)c2ccccc2-3)cc1. The Kier molecular flexibility index (Phi) is 4.93. The van der Waals surface area contributed by atoms with Crippen LogP contribution in [0, 0.1) is 18.3 Å². The van der Waals surface area contributed by atoms with Crippen molar-refractivity contribution in [2.45, 2.75) is 16.8 Å². The summed E-state index contributed by atoms with van der Waals surface area (Å²) in [4.78, 5) is 32.3. The standard InChI is InChI=1S/C27H16N2O2S/c1-16-11-13-17(14-12-16)25(30)24-23-22(19-9-5-6-10-20(19)26(23)31)21(15-28)27(29-24)32-18-7-3-2-4-8-18/h2-14H,1H3. The van der Waals surface area contributed by atoms with Crippen molar-refractivity contribution in [1.82, 2.24) is 4.98 Å². The molecule has 5 rings (SSSR count). The number of nitriles is 1. The van der Waals surface area contributed by atoms with Crippen molar-refractivity contribution in [2.75, 3.05) is 0 Å². The van der Waals surface area contributed by atoms with E-state index >= 15 is 0 Å². The summed E-state index contributed by atoms with van der Waals surface area (Å²) < 4.78 is 0. The molecule has 0 N–H and O–H groups in total. The van der Waals surface area contributed by atoms with Gasteiger partial charge < -0.3 is 0 Å². The Morgan fingerprint density at radius 3 is 2.22 bits per heavy atom. The largest absolute Gasteiger partial charge is 0.288 e. The highest BCUT2D eigenvalue weighted by atomic mass is 32.2. The summed E-state index contributed by atoms with van der Waals surface area (Å²) in [6.45, 7) is 1.95. The molecule has 5 heteroatoms. The van der Waals surface area contributed by atoms with Crippen LogP contribution >= 0.6 is 11.8 Å². The molecular weight excluding hydrogens is 416 g/mol. The lowest BCUT2D eigenvalue weighted by Crippen LogP contribution is -2.13. The normalized spacial score (nSPS) is 11.6. The van der Waals surface area contributed by atoms with Crippen molar-refractivity contribution in [1.29, 1.82) is 5.26 Å². The zero-order valence-corrected chi connectivity index (χ0v) is 17.9. The Bertz CT molecular complexity index is 1440. The van der Waals surface area contributed by atoms with Gasteiger partial charge in [-0.2, -0.15) is 5.26 Å². The van der Waals surface area contributed by atoms with Gasteiger partial charge >= 0.3 is 0 Å². The minimum atomic E-state index is -0.332. The molecule has 0 unspecified atom stereocenters. The topological polar surface area (TPSA) is 70.8 Å². The van der Waals surface area contributed by atoms with Gasteiger partial charge in [0.25, 0.3) is 0 Å². The van der Waals surface area contributed by atoms with Crippen molar-refractivity contribution in [3.05, 3.63) is 112 Å². The maximum absolute atomic E-state index is 13.5. The van der Waals surface area contributed by atoms with Gasteiger partial charge in [0, 0.05) is 21.6 Å². The van der Waals surface area contributed by atoms with Gasteiger partial charge in [-0.3, -0.25) is 9.59 Å². The zero-order chi connectivity index (χ0) is 22.2. The molecule has 1 aromatic heterocycles. The molecule has 0 bridgehead atoms. The van der Waals surface area contributed by atoms with Gasteiger partial charge in [-0.1, -0.05) is 84.1 Å². The second kappa shape index (κ2) is 7.92. The quantitative estimate of drug-likeness (QED) is 0.333. The summed E-state index contributed by atoms with van der Waals surface area (Å²) >= 11 is 1.31. The number of carbonyl (C=O) groups excluding carboxylic acids is 2. The zero-order valence-electron chi connectivity index (χ0n) is 17.1. The third-order valence-corrected chi connectivity index (χ3v) is 6.43. The molecule has 3 aromatic carbocycles. The second-order valence-corrected chi connectivity index (χ2v) is 8.55. The summed E-state index contributed by atoms with van der Waals surface area (Å²) in [7, 11) is 0. The molecule has 0 amide bonds. The fraction of sp³-hybridized carbons (Fsp3) is 0.0370. The summed E-state index contributed by atoms with van der Waals surface area (Å²) in [5, 5.41) is 10.5. The first-order valence-electron chi connectivity index (χ1n) is 10.0. The number of hydrogen-bond donors (Lipinski definition) is 0. The van der Waals surface area contributed by atoms with E-state index in [0.717, 1.165) is 10.5 Å². The number of pyridine rings is 1. The first-order chi connectivity index (χ1) is 15.6. The minimum absolute atomic E-state index is 0.0856. The molecule has 0 aliphatic heterocycles. The molecule has 1 aliphatic rings. The van der Waals surface area contributed by atoms with Gasteiger partial charge in [0.15, 0.2) is 5.78 Å². The van der Waals surface area contributed by atoms with Crippen molar-refractivity contribution in [2.24, 2.45) is 0 Å². The lowest BCUT2D eigenvalue weighted by atomic mass is 9.96. The van der Waals surface area contributed by atoms with E-state index in [2.05, 4.69) is 11.1 Å². The summed E-state index contributed by atoms with van der Waals surface area (Å²) in [6, 6.07) is 26.1. The predicted octanol–water partition coefficient (Wildman–Crippen LogP) is 5.86. The number of aromatic nitrogens is 1. The van der Waals surface area contributed by atoms with E-state index in [1.165, 1.54) is 11.8 Å². The van der Waals surface area contributed by atoms with Gasteiger partial charge in [-0.05, 0) is 24.6 Å². The molecule has 0 saturated heterocycles. The van der Waals surface area contributed by atoms with E-state index in [1.54, 1.807) is 24.3 Å². The van der Waals surface area contributed by atoms with Gasteiger partial charge in [-0.25, -0.2) is 4.98 Å². The molecule has 0 radical (unpaired) electrons. The van der Waals surface area contributed by atoms with Gasteiger partial charge in [0.05, 0.1) is 11.1 Å². The van der Waals surface area contributed by atoms with Crippen LogP contribution in [0.4, 0.5) is 0 Å². The van der Waals surface area contributed by atoms with E-state index in [-0.39, 0.29) is 22.8 Å². The Hall–Kier alpha value is -4.01. The molecule has 1 aliphatic carbocycles. The number of nitrogens with zero attached hydrogens (tertiary/aromatic N) is 2. The molecule has 0 fully saturated rings. The fourth-order valence-corrected chi connectivity index (χ4v) is 4.77. The maximum Gasteiger partial charge on any atom is 0.212 e. The number of benzene rings is 3. The highest BCUT2D eigenvalue weighted by Gasteiger charge is 2.36. The van der Waals surface area contributed by atoms with Crippen molar-refractivity contribution in [3.8, 4) is 17.2 Å². The molecule has 32 heavy (non-hydrogen) atoms. The lowest BCUT2D eigenvalue weighted by molar-refractivity contribution is 0.100. The van der Waals surface area contributed by atoms with E-state index in [9.17, 15) is 14.9 Å². The Morgan fingerprint density at radius 1 is 0.875 bits per heavy atom. The van der Waals surface area contributed by atoms with Crippen molar-refractivity contribution < 1.29 is 9.59 Å². The number of rotatable bonds is 4. The second-order valence-electron chi connectivity index (χ2n) is 7.49. The van der Waals surface area contributed by atoms with E-state index in [1.807, 2.05) is 61.5 Å². The Balaban J connectivity index is 1.78. The van der Waals surface area contributed by atoms with E-state index in [0.29, 0.717) is 32.8 Å². The fourth-order valence-electron chi connectivity index (χ4n) is 3.87. The molecule has 0 atom stereocenters. The Labute approximate surface area is 189 Å². The van der Waals surface area contributed by atoms with Crippen LogP contribution in [0.25, 0.3) is 11.1 Å². The van der Waals surface area contributed by atoms with Crippen molar-refractivity contribution >= 4 is 23.3 Å². The van der Waals surface area contributed by atoms with Gasteiger partial charge in [0.1, 0.15) is 16.8 Å². The molecule has 0 saturated carbocycles. The van der Waals surface area contributed by atoms with Crippen LogP contribution in [0.3, 0.4) is 0 Å². The number of carbonyl (C=O) groups is 2. The van der Waals surface area contributed by atoms with Crippen LogP contribution in [-0.2, 0) is 0 Å². The predicted molar refractivity (Wildman–Crippen MR) is 123 cm³/mol. The molecule has 1 heterocycles. The van der Waals surface area contributed by atoms with E-state index in [4.69, 9.17) is 0 Å². The third kappa shape index (κ3) is 3.22. The maximum atomic E-state index is 13.5. The lowest BCUT2D eigenvalue weighted by Gasteiger charge is -2.13. The summed E-state index contributed by atoms with van der Waals surface area (Å²) in [5.74, 6) is -0.604. The summed E-state index contributed by atoms with van der Waals surface area (Å²) in [6.07, 6.45) is 0. The average molecular weight is 433 g/mol. The number of ketones is 2. The van der Waals surface area contributed by atoms with Crippen LogP contribution in [0.5, 0.6) is 0 Å².